The van der Waals surface area contributed by atoms with Crippen molar-refractivity contribution in [2.75, 3.05) is 0 Å². The largest absolute Gasteiger partial charge is 0.456 e. The molecule has 0 spiro atoms. The average Bonchev–Trinajstić information content (AvgIpc) is 3.25. The number of primary amides is 1. The molecule has 1 aliphatic rings. The molecule has 4 rings (SSSR count). The molecule has 1 aromatic heterocycles. The van der Waals surface area contributed by atoms with E-state index in [1.807, 2.05) is 18.2 Å². The lowest BCUT2D eigenvalue weighted by atomic mass is 10.1. The van der Waals surface area contributed by atoms with Gasteiger partial charge in [-0.2, -0.15) is 13.2 Å². The van der Waals surface area contributed by atoms with Gasteiger partial charge in [0.05, 0.1) is 10.6 Å². The van der Waals surface area contributed by atoms with E-state index >= 15 is 0 Å². The van der Waals surface area contributed by atoms with E-state index in [-0.39, 0.29) is 29.7 Å². The monoisotopic (exact) mass is 488 g/mol. The molecule has 0 saturated carbocycles. The first-order valence-electron chi connectivity index (χ1n) is 9.44. The van der Waals surface area contributed by atoms with Crippen LogP contribution in [-0.4, -0.2) is 10.9 Å². The minimum atomic E-state index is -5.05. The smallest absolute Gasteiger partial charge is 0.418 e. The minimum absolute atomic E-state index is 0.0242. The molecule has 174 valence electrons. The summed E-state index contributed by atoms with van der Waals surface area (Å²) in [4.78, 5) is 15.3. The number of hydrogen-bond acceptors (Lipinski definition) is 3. The summed E-state index contributed by atoms with van der Waals surface area (Å²) in [6, 6.07) is 6.64. The van der Waals surface area contributed by atoms with Crippen molar-refractivity contribution in [3.05, 3.63) is 87.5 Å². The van der Waals surface area contributed by atoms with Crippen molar-refractivity contribution in [3.63, 3.8) is 0 Å². The molecule has 0 aliphatic heterocycles. The van der Waals surface area contributed by atoms with E-state index in [0.29, 0.717) is 18.6 Å². The van der Waals surface area contributed by atoms with Crippen LogP contribution in [0.25, 0.3) is 0 Å². The Labute approximate surface area is 189 Å². The van der Waals surface area contributed by atoms with E-state index in [9.17, 15) is 31.1 Å². The highest BCUT2D eigenvalue weighted by Crippen LogP contribution is 2.43. The fraction of sp³-hybridized carbons (Fsp3) is 0.182. The molecule has 4 nitrogen and oxygen atoms in total. The van der Waals surface area contributed by atoms with E-state index in [1.165, 1.54) is 0 Å². The predicted molar refractivity (Wildman–Crippen MR) is 108 cm³/mol. The van der Waals surface area contributed by atoms with Crippen LogP contribution in [0, 0.1) is 17.5 Å². The van der Waals surface area contributed by atoms with Crippen LogP contribution in [0.3, 0.4) is 0 Å². The van der Waals surface area contributed by atoms with Gasteiger partial charge >= 0.3 is 6.18 Å². The van der Waals surface area contributed by atoms with E-state index in [2.05, 4.69) is 4.98 Å². The zero-order valence-electron chi connectivity index (χ0n) is 16.6. The van der Waals surface area contributed by atoms with Crippen LogP contribution in [0.1, 0.15) is 33.5 Å². The van der Waals surface area contributed by atoms with Crippen molar-refractivity contribution in [2.45, 2.75) is 25.4 Å². The zero-order valence-corrected chi connectivity index (χ0v) is 17.4. The van der Waals surface area contributed by atoms with Gasteiger partial charge in [0.2, 0.25) is 0 Å². The van der Waals surface area contributed by atoms with Gasteiger partial charge in [-0.05, 0) is 43.0 Å². The van der Waals surface area contributed by atoms with Crippen LogP contribution in [0.2, 0.25) is 5.02 Å². The highest BCUT2D eigenvalue weighted by molar-refractivity contribution is 6.32. The molecule has 0 radical (unpaired) electrons. The number of nitrogens with two attached hydrogens (primary N) is 1. The fourth-order valence-electron chi connectivity index (χ4n) is 3.31. The normalized spacial score (nSPS) is 12.6. The van der Waals surface area contributed by atoms with Crippen LogP contribution in [0.15, 0.2) is 42.7 Å². The topological polar surface area (TPSA) is 65.2 Å². The Morgan fingerprint density at radius 1 is 0.970 bits per heavy atom. The number of amides is 1. The molecular formula is C22H15ClF6N2O2. The first kappa shape index (κ1) is 24.4. The summed E-state index contributed by atoms with van der Waals surface area (Å²) in [7, 11) is 0. The number of pyridine rings is 1. The Kier molecular flexibility index (Phi) is 7.16. The van der Waals surface area contributed by atoms with Crippen LogP contribution < -0.4 is 10.5 Å². The van der Waals surface area contributed by atoms with Crippen molar-refractivity contribution < 1.29 is 35.9 Å². The third kappa shape index (κ3) is 5.22. The summed E-state index contributed by atoms with van der Waals surface area (Å²) < 4.78 is 86.4. The Hall–Kier alpha value is -3.27. The van der Waals surface area contributed by atoms with E-state index in [0.717, 1.165) is 0 Å². The number of rotatable bonds is 3. The Bertz CT molecular complexity index is 1160. The van der Waals surface area contributed by atoms with Crippen LogP contribution in [0.5, 0.6) is 11.5 Å². The van der Waals surface area contributed by atoms with E-state index < -0.39 is 51.4 Å². The maximum absolute atomic E-state index is 14.3. The molecule has 1 heterocycles. The van der Waals surface area contributed by atoms with Gasteiger partial charge in [0.25, 0.3) is 5.91 Å². The highest BCUT2D eigenvalue weighted by atomic mass is 35.5. The molecule has 11 heteroatoms. The molecule has 3 aromatic rings. The second kappa shape index (κ2) is 9.70. The number of fused-ring (bicyclic) bond motifs is 1. The molecule has 2 N–H and O–H groups in total. The summed E-state index contributed by atoms with van der Waals surface area (Å²) in [5.74, 6) is -6.72. The number of hydrogen-bond donors (Lipinski definition) is 1. The molecule has 0 unspecified atom stereocenters. The number of halogens is 7. The van der Waals surface area contributed by atoms with Crippen molar-refractivity contribution in [2.24, 2.45) is 5.73 Å². The van der Waals surface area contributed by atoms with Gasteiger partial charge in [-0.15, -0.1) is 0 Å². The number of ether oxygens (including phenoxy) is 1. The molecule has 2 aromatic carbocycles. The second-order valence-electron chi connectivity index (χ2n) is 6.90. The zero-order chi connectivity index (χ0) is 24.3. The number of carbonyl (C=O) groups is 1. The van der Waals surface area contributed by atoms with Crippen molar-refractivity contribution in [1.82, 2.24) is 4.98 Å². The first-order valence-corrected chi connectivity index (χ1v) is 9.81. The Balaban J connectivity index is 0.000000442. The second-order valence-corrected chi connectivity index (χ2v) is 7.27. The third-order valence-electron chi connectivity index (χ3n) is 4.76. The molecule has 0 saturated heterocycles. The quantitative estimate of drug-likeness (QED) is 0.444. The molecule has 0 atom stereocenters. The van der Waals surface area contributed by atoms with Gasteiger partial charge in [-0.3, -0.25) is 9.78 Å². The van der Waals surface area contributed by atoms with Crippen molar-refractivity contribution >= 4 is 17.5 Å². The van der Waals surface area contributed by atoms with Crippen molar-refractivity contribution in [3.8, 4) is 11.5 Å². The van der Waals surface area contributed by atoms with Gasteiger partial charge in [0.1, 0.15) is 17.1 Å². The summed E-state index contributed by atoms with van der Waals surface area (Å²) >= 11 is 5.37. The summed E-state index contributed by atoms with van der Waals surface area (Å²) in [5.41, 5.74) is 2.66. The van der Waals surface area contributed by atoms with Crippen LogP contribution in [-0.2, 0) is 19.0 Å². The molecule has 1 aliphatic carbocycles. The Morgan fingerprint density at radius 3 is 2.12 bits per heavy atom. The van der Waals surface area contributed by atoms with Gasteiger partial charge in [-0.25, -0.2) is 13.2 Å². The van der Waals surface area contributed by atoms with Crippen LogP contribution in [0.4, 0.5) is 26.3 Å². The van der Waals surface area contributed by atoms with E-state index in [1.54, 1.807) is 12.4 Å². The summed E-state index contributed by atoms with van der Waals surface area (Å²) in [5, 5.41) is -1.35. The summed E-state index contributed by atoms with van der Waals surface area (Å²) in [6.45, 7) is 0. The average molecular weight is 489 g/mol. The SMILES string of the molecule is NC(=O)c1c(Oc2cc(F)c(F)c3c2CCC3)cc(C(F)(F)F)c(Cl)c1F.c1ccncc1. The summed E-state index contributed by atoms with van der Waals surface area (Å²) in [6.07, 6.45) is -0.601. The third-order valence-corrected chi connectivity index (χ3v) is 5.13. The molecule has 0 fully saturated rings. The fourth-order valence-corrected chi connectivity index (χ4v) is 3.57. The number of alkyl halides is 3. The number of benzene rings is 2. The molecular weight excluding hydrogens is 474 g/mol. The standard InChI is InChI=1S/C17H10ClF6NO2.C5H5N/c18-13-8(17(22,23)24)4-11(12(15(13)21)16(25)26)27-10-5-9(19)14(20)7-3-1-2-6(7)10;1-2-4-6-5-3-1/h4-5H,1-3H2,(H2,25,26);1-5H. The number of nitrogens with zero attached hydrogens (tertiary/aromatic N) is 1. The first-order chi connectivity index (χ1) is 15.5. The molecule has 33 heavy (non-hydrogen) atoms. The molecule has 0 bridgehead atoms. The lowest BCUT2D eigenvalue weighted by Crippen LogP contribution is -2.17. The number of carbonyl (C=O) groups excluding carboxylic acids is 1. The van der Waals surface area contributed by atoms with E-state index in [4.69, 9.17) is 22.1 Å². The van der Waals surface area contributed by atoms with Gasteiger partial charge < -0.3 is 10.5 Å². The van der Waals surface area contributed by atoms with Gasteiger partial charge in [0.15, 0.2) is 17.5 Å². The number of aromatic nitrogens is 1. The maximum Gasteiger partial charge on any atom is 0.418 e. The maximum atomic E-state index is 14.3. The molecule has 1 amide bonds. The van der Waals surface area contributed by atoms with Crippen molar-refractivity contribution in [1.29, 1.82) is 0 Å². The Morgan fingerprint density at radius 2 is 1.61 bits per heavy atom. The van der Waals surface area contributed by atoms with Crippen LogP contribution >= 0.6 is 11.6 Å². The lowest BCUT2D eigenvalue weighted by Gasteiger charge is -2.17. The van der Waals surface area contributed by atoms with Gasteiger partial charge in [0, 0.05) is 24.0 Å². The minimum Gasteiger partial charge on any atom is -0.456 e. The lowest BCUT2D eigenvalue weighted by molar-refractivity contribution is -0.137. The highest BCUT2D eigenvalue weighted by Gasteiger charge is 2.38. The predicted octanol–water partition coefficient (Wildman–Crippen LogP) is 6.24. The van der Waals surface area contributed by atoms with Gasteiger partial charge in [-0.1, -0.05) is 17.7 Å².